The number of ether oxygens (including phenoxy) is 2. The van der Waals surface area contributed by atoms with E-state index in [1.165, 1.54) is 6.20 Å². The topological polar surface area (TPSA) is 184 Å². The predicted molar refractivity (Wildman–Crippen MR) is 230 cm³/mol. The number of nitrogens with one attached hydrogen (secondary N) is 1. The maximum absolute atomic E-state index is 14.9. The number of carbonyl (C=O) groups excluding carboxylic acids is 4. The number of aromatic nitrogens is 2. The Bertz CT molecular complexity index is 2160. The molecule has 3 N–H and O–H groups in total. The van der Waals surface area contributed by atoms with E-state index in [1.54, 1.807) is 23.2 Å². The van der Waals surface area contributed by atoms with Gasteiger partial charge in [-0.3, -0.25) is 29.4 Å². The number of benzene rings is 2. The minimum atomic E-state index is -0.844. The third-order valence-electron chi connectivity index (χ3n) is 13.6. The van der Waals surface area contributed by atoms with Crippen molar-refractivity contribution in [3.05, 3.63) is 76.7 Å². The molecule has 1 atom stereocenters. The van der Waals surface area contributed by atoms with E-state index in [4.69, 9.17) is 15.2 Å². The van der Waals surface area contributed by atoms with Gasteiger partial charge in [0, 0.05) is 67.4 Å². The number of rotatable bonds is 13. The van der Waals surface area contributed by atoms with Gasteiger partial charge in [-0.1, -0.05) is 33.8 Å². The first-order chi connectivity index (χ1) is 28.9. The molecule has 1 unspecified atom stereocenters. The molecule has 14 nitrogen and oxygen atoms in total. The molecular weight excluding hydrogens is 773 g/mol. The summed E-state index contributed by atoms with van der Waals surface area (Å²) in [5.74, 6) is 0.864. The van der Waals surface area contributed by atoms with E-state index >= 15 is 0 Å². The van der Waals surface area contributed by atoms with E-state index in [1.807, 2.05) is 38.1 Å². The van der Waals surface area contributed by atoms with Crippen LogP contribution in [0.5, 0.6) is 11.5 Å². The van der Waals surface area contributed by atoms with E-state index in [0.29, 0.717) is 40.6 Å². The number of hydrogen-bond acceptors (Lipinski definition) is 11. The second-order valence-corrected chi connectivity index (χ2v) is 19.0. The first-order valence-corrected chi connectivity index (χ1v) is 21.6. The van der Waals surface area contributed by atoms with Gasteiger partial charge in [0.1, 0.15) is 41.3 Å². The molecule has 4 amide bonds. The van der Waals surface area contributed by atoms with Crippen molar-refractivity contribution >= 4 is 29.4 Å². The molecular formula is C47H60N8O6. The van der Waals surface area contributed by atoms with Crippen molar-refractivity contribution in [2.45, 2.75) is 130 Å². The second-order valence-electron chi connectivity index (χ2n) is 19.0. The summed E-state index contributed by atoms with van der Waals surface area (Å²) in [7, 11) is 0. The van der Waals surface area contributed by atoms with Gasteiger partial charge in [-0.25, -0.2) is 9.97 Å². The Balaban J connectivity index is 1.01. The van der Waals surface area contributed by atoms with Gasteiger partial charge >= 0.3 is 0 Å². The van der Waals surface area contributed by atoms with Crippen molar-refractivity contribution < 1.29 is 28.7 Å². The molecule has 4 aliphatic rings. The third kappa shape index (κ3) is 8.67. The number of nitrogens with zero attached hydrogens (tertiary/aromatic N) is 6. The molecule has 3 aromatic rings. The lowest BCUT2D eigenvalue weighted by Crippen LogP contribution is -2.77. The van der Waals surface area contributed by atoms with Gasteiger partial charge in [0.25, 0.3) is 11.8 Å². The predicted octanol–water partition coefficient (Wildman–Crippen LogP) is 5.73. The maximum atomic E-state index is 14.9. The summed E-state index contributed by atoms with van der Waals surface area (Å²) in [6, 6.07) is 12.8. The maximum Gasteiger partial charge on any atom is 0.268 e. The summed E-state index contributed by atoms with van der Waals surface area (Å²) in [5.41, 5.74) is 7.00. The number of carbonyl (C=O) groups is 4. The molecule has 2 aromatic carbocycles. The number of anilines is 1. The molecule has 7 rings (SSSR count). The first-order valence-electron chi connectivity index (χ1n) is 21.6. The molecule has 61 heavy (non-hydrogen) atoms. The van der Waals surface area contributed by atoms with Crippen molar-refractivity contribution in [2.24, 2.45) is 22.5 Å². The van der Waals surface area contributed by atoms with E-state index in [2.05, 4.69) is 72.7 Å². The van der Waals surface area contributed by atoms with Crippen molar-refractivity contribution in [2.75, 3.05) is 24.5 Å². The number of aryl methyl sites for hydroxylation is 2. The van der Waals surface area contributed by atoms with Gasteiger partial charge in [0.15, 0.2) is 0 Å². The zero-order chi connectivity index (χ0) is 44.0. The minimum Gasteiger partial charge on any atom is -0.490 e. The summed E-state index contributed by atoms with van der Waals surface area (Å²) < 4.78 is 13.2. The SMILES string of the molecule is Cc1cc(OC2C(C)(C)C(N(C(=O)c3cccc(OC4CC(N(CC5CCN(c6cnc(C(N)=O)cn6)CC5)C(C)C)C4)c3)C3CCC(=O)NC3=O)C2(C)C)cc(C)c1C#N. The lowest BCUT2D eigenvalue weighted by molar-refractivity contribution is -0.206. The van der Waals surface area contributed by atoms with Crippen molar-refractivity contribution in [1.82, 2.24) is 25.1 Å². The highest BCUT2D eigenvalue weighted by atomic mass is 16.5. The summed E-state index contributed by atoms with van der Waals surface area (Å²) in [4.78, 5) is 67.2. The molecule has 3 heterocycles. The van der Waals surface area contributed by atoms with Gasteiger partial charge in [-0.15, -0.1) is 0 Å². The van der Waals surface area contributed by atoms with Crippen LogP contribution < -0.4 is 25.4 Å². The standard InChI is InChI=1S/C47H60N8O6/c1-27(2)54(26-30-14-16-53(17-15-30)39-25-50-37(24-51-39)41(49)57)32-21-35(22-32)60-33-11-9-10-31(20-33)43(59)55(38-12-13-40(56)52-42(38)58)44-46(5,6)45(47(44,7)8)61-34-18-28(3)36(23-48)29(4)19-34/h9-11,18-20,24-25,27,30,32,35,38,44-45H,12-17,21-22,26H2,1-8H3,(H2,49,57)(H,52,56,58). The number of nitrogens with two attached hydrogens (primary N) is 1. The number of primary amides is 1. The van der Waals surface area contributed by atoms with Crippen LogP contribution in [0.25, 0.3) is 0 Å². The monoisotopic (exact) mass is 832 g/mol. The van der Waals surface area contributed by atoms with Crippen LogP contribution in [-0.2, 0) is 9.59 Å². The van der Waals surface area contributed by atoms with Crippen LogP contribution in [0.1, 0.15) is 118 Å². The first kappa shape index (κ1) is 43.5. The molecule has 324 valence electrons. The van der Waals surface area contributed by atoms with Crippen LogP contribution in [0.2, 0.25) is 0 Å². The largest absolute Gasteiger partial charge is 0.490 e. The van der Waals surface area contributed by atoms with E-state index in [9.17, 15) is 24.4 Å². The van der Waals surface area contributed by atoms with Crippen LogP contribution in [0.3, 0.4) is 0 Å². The summed E-state index contributed by atoms with van der Waals surface area (Å²) in [6.07, 6.45) is 6.92. The lowest BCUT2D eigenvalue weighted by atomic mass is 9.48. The Morgan fingerprint density at radius 2 is 1.64 bits per heavy atom. The summed E-state index contributed by atoms with van der Waals surface area (Å²) >= 11 is 0. The Morgan fingerprint density at radius 3 is 2.21 bits per heavy atom. The molecule has 2 aliphatic heterocycles. The third-order valence-corrected chi connectivity index (χ3v) is 13.6. The van der Waals surface area contributed by atoms with Crippen LogP contribution in [-0.4, -0.2) is 99.4 Å². The molecule has 14 heteroatoms. The second kappa shape index (κ2) is 17.1. The van der Waals surface area contributed by atoms with Crippen LogP contribution >= 0.6 is 0 Å². The van der Waals surface area contributed by atoms with Gasteiger partial charge in [0.05, 0.1) is 30.1 Å². The normalized spacial score (nSPS) is 24.6. The van der Waals surface area contributed by atoms with Crippen molar-refractivity contribution in [3.63, 3.8) is 0 Å². The van der Waals surface area contributed by atoms with E-state index < -0.39 is 34.7 Å². The van der Waals surface area contributed by atoms with Crippen LogP contribution in [0.15, 0.2) is 48.8 Å². The Morgan fingerprint density at radius 1 is 0.967 bits per heavy atom. The summed E-state index contributed by atoms with van der Waals surface area (Å²) in [6.45, 7) is 19.3. The highest BCUT2D eigenvalue weighted by Crippen LogP contribution is 2.59. The number of imide groups is 1. The summed E-state index contributed by atoms with van der Waals surface area (Å²) in [5, 5.41) is 12.1. The zero-order valence-electron chi connectivity index (χ0n) is 36.7. The highest BCUT2D eigenvalue weighted by Gasteiger charge is 2.67. The van der Waals surface area contributed by atoms with Crippen LogP contribution in [0, 0.1) is 41.9 Å². The molecule has 0 bridgehead atoms. The van der Waals surface area contributed by atoms with E-state index in [0.717, 1.165) is 62.3 Å². The van der Waals surface area contributed by atoms with Gasteiger partial charge in [-0.05, 0) is 94.3 Å². The number of piperidine rings is 2. The fraction of sp³-hybridized carbons (Fsp3) is 0.553. The molecule has 1 aromatic heterocycles. The van der Waals surface area contributed by atoms with Gasteiger partial charge in [0.2, 0.25) is 11.8 Å². The van der Waals surface area contributed by atoms with Crippen molar-refractivity contribution in [3.8, 4) is 17.6 Å². The fourth-order valence-corrected chi connectivity index (χ4v) is 10.8. The Kier molecular flexibility index (Phi) is 12.2. The Hall–Kier alpha value is -5.55. The molecule has 0 spiro atoms. The minimum absolute atomic E-state index is 0.00328. The van der Waals surface area contributed by atoms with E-state index in [-0.39, 0.29) is 42.6 Å². The lowest BCUT2D eigenvalue weighted by Gasteiger charge is -2.66. The smallest absolute Gasteiger partial charge is 0.268 e. The molecule has 4 fully saturated rings. The zero-order valence-corrected chi connectivity index (χ0v) is 36.7. The average molecular weight is 833 g/mol. The number of amides is 4. The molecule has 2 aliphatic carbocycles. The Labute approximate surface area is 359 Å². The van der Waals surface area contributed by atoms with Gasteiger partial charge in [-0.2, -0.15) is 5.26 Å². The fourth-order valence-electron chi connectivity index (χ4n) is 10.8. The molecule has 2 saturated carbocycles. The van der Waals surface area contributed by atoms with Crippen molar-refractivity contribution in [1.29, 1.82) is 5.26 Å². The average Bonchev–Trinajstić information content (AvgIpc) is 3.19. The van der Waals surface area contributed by atoms with Gasteiger partial charge < -0.3 is 25.0 Å². The molecule has 2 saturated heterocycles. The number of hydrogen-bond donors (Lipinski definition) is 2. The number of nitriles is 1. The molecule has 0 radical (unpaired) electrons. The van der Waals surface area contributed by atoms with Crippen LogP contribution in [0.4, 0.5) is 5.82 Å². The quantitative estimate of drug-likeness (QED) is 0.201. The highest BCUT2D eigenvalue weighted by molar-refractivity contribution is 6.04.